The molecule has 0 amide bonds. The van der Waals surface area contributed by atoms with E-state index in [1.165, 1.54) is 17.4 Å². The Morgan fingerprint density at radius 1 is 1.20 bits per heavy atom. The lowest BCUT2D eigenvalue weighted by atomic mass is 10.0. The van der Waals surface area contributed by atoms with Gasteiger partial charge in [-0.15, -0.1) is 0 Å². The lowest BCUT2D eigenvalue weighted by molar-refractivity contribution is 0.336. The SMILES string of the molecule is CCCNC(Cc1ccnc2ccccc12)CN(C)C. The van der Waals surface area contributed by atoms with Gasteiger partial charge in [0.25, 0.3) is 0 Å². The second-order valence-electron chi connectivity index (χ2n) is 5.60. The number of fused-ring (bicyclic) bond motifs is 1. The number of hydrogen-bond donors (Lipinski definition) is 1. The number of pyridine rings is 1. The van der Waals surface area contributed by atoms with Crippen molar-refractivity contribution in [2.75, 3.05) is 27.2 Å². The average Bonchev–Trinajstić information content (AvgIpc) is 2.44. The maximum absolute atomic E-state index is 4.44. The van der Waals surface area contributed by atoms with Gasteiger partial charge in [0.2, 0.25) is 0 Å². The maximum atomic E-state index is 4.44. The highest BCUT2D eigenvalue weighted by atomic mass is 15.1. The first-order valence-electron chi connectivity index (χ1n) is 7.41. The Hall–Kier alpha value is -1.45. The van der Waals surface area contributed by atoms with Gasteiger partial charge < -0.3 is 10.2 Å². The molecule has 3 heteroatoms. The zero-order valence-corrected chi connectivity index (χ0v) is 12.8. The van der Waals surface area contributed by atoms with Crippen molar-refractivity contribution in [1.29, 1.82) is 0 Å². The molecule has 0 saturated heterocycles. The minimum Gasteiger partial charge on any atom is -0.312 e. The van der Waals surface area contributed by atoms with E-state index in [1.54, 1.807) is 0 Å². The molecule has 0 bridgehead atoms. The largest absolute Gasteiger partial charge is 0.312 e. The van der Waals surface area contributed by atoms with Crippen LogP contribution in [0.4, 0.5) is 0 Å². The van der Waals surface area contributed by atoms with Crippen LogP contribution >= 0.6 is 0 Å². The molecule has 0 aliphatic heterocycles. The van der Waals surface area contributed by atoms with E-state index in [0.29, 0.717) is 6.04 Å². The molecule has 1 unspecified atom stereocenters. The first-order chi connectivity index (χ1) is 9.70. The zero-order valence-electron chi connectivity index (χ0n) is 12.8. The van der Waals surface area contributed by atoms with Gasteiger partial charge >= 0.3 is 0 Å². The van der Waals surface area contributed by atoms with E-state index < -0.39 is 0 Å². The monoisotopic (exact) mass is 271 g/mol. The number of para-hydroxylation sites is 1. The van der Waals surface area contributed by atoms with Crippen LogP contribution in [0.2, 0.25) is 0 Å². The summed E-state index contributed by atoms with van der Waals surface area (Å²) in [7, 11) is 4.26. The van der Waals surface area contributed by atoms with Gasteiger partial charge in [0.1, 0.15) is 0 Å². The van der Waals surface area contributed by atoms with Gasteiger partial charge in [0.15, 0.2) is 0 Å². The topological polar surface area (TPSA) is 28.2 Å². The molecule has 0 aliphatic rings. The van der Waals surface area contributed by atoms with Crippen molar-refractivity contribution in [3.05, 3.63) is 42.1 Å². The van der Waals surface area contributed by atoms with E-state index in [0.717, 1.165) is 25.0 Å². The van der Waals surface area contributed by atoms with Gasteiger partial charge in [-0.25, -0.2) is 0 Å². The Bertz CT molecular complexity index is 531. The minimum absolute atomic E-state index is 0.482. The highest BCUT2D eigenvalue weighted by Crippen LogP contribution is 2.17. The second-order valence-corrected chi connectivity index (χ2v) is 5.60. The van der Waals surface area contributed by atoms with Gasteiger partial charge in [0, 0.05) is 24.2 Å². The average molecular weight is 271 g/mol. The molecule has 2 aromatic rings. The van der Waals surface area contributed by atoms with Crippen LogP contribution in [0.1, 0.15) is 18.9 Å². The Labute approximate surface area is 122 Å². The molecule has 108 valence electrons. The molecule has 1 heterocycles. The third kappa shape index (κ3) is 4.02. The number of rotatable bonds is 7. The summed E-state index contributed by atoms with van der Waals surface area (Å²) in [5, 5.41) is 4.93. The van der Waals surface area contributed by atoms with Gasteiger partial charge in [-0.2, -0.15) is 0 Å². The van der Waals surface area contributed by atoms with Crippen LogP contribution in [-0.4, -0.2) is 43.1 Å². The van der Waals surface area contributed by atoms with Crippen LogP contribution in [0.15, 0.2) is 36.5 Å². The number of nitrogens with zero attached hydrogens (tertiary/aromatic N) is 2. The summed E-state index contributed by atoms with van der Waals surface area (Å²) in [4.78, 5) is 6.69. The molecule has 0 aliphatic carbocycles. The normalized spacial score (nSPS) is 13.0. The fourth-order valence-electron chi connectivity index (χ4n) is 2.59. The molecular formula is C17H25N3. The fraction of sp³-hybridized carbons (Fsp3) is 0.471. The van der Waals surface area contributed by atoms with E-state index in [1.807, 2.05) is 12.3 Å². The number of likely N-dealkylation sites (N-methyl/N-ethyl adjacent to an activating group) is 1. The summed E-state index contributed by atoms with van der Waals surface area (Å²) >= 11 is 0. The van der Waals surface area contributed by atoms with Crippen molar-refractivity contribution in [2.45, 2.75) is 25.8 Å². The first kappa shape index (κ1) is 14.9. The molecule has 0 spiro atoms. The van der Waals surface area contributed by atoms with Crippen molar-refractivity contribution in [3.63, 3.8) is 0 Å². The van der Waals surface area contributed by atoms with E-state index in [-0.39, 0.29) is 0 Å². The van der Waals surface area contributed by atoms with Crippen molar-refractivity contribution >= 4 is 10.9 Å². The molecule has 0 fully saturated rings. The summed E-state index contributed by atoms with van der Waals surface area (Å²) in [6, 6.07) is 11.0. The Balaban J connectivity index is 2.18. The standard InChI is InChI=1S/C17H25N3/c1-4-10-18-15(13-20(2)3)12-14-9-11-19-17-8-6-5-7-16(14)17/h5-9,11,15,18H,4,10,12-13H2,1-3H3. The Morgan fingerprint density at radius 2 is 2.00 bits per heavy atom. The molecule has 20 heavy (non-hydrogen) atoms. The zero-order chi connectivity index (χ0) is 14.4. The maximum Gasteiger partial charge on any atom is 0.0704 e. The number of nitrogens with one attached hydrogen (secondary N) is 1. The van der Waals surface area contributed by atoms with Crippen LogP contribution in [0, 0.1) is 0 Å². The molecule has 1 aromatic carbocycles. The third-order valence-corrected chi connectivity index (χ3v) is 3.47. The second kappa shape index (κ2) is 7.36. The molecule has 0 saturated carbocycles. The smallest absolute Gasteiger partial charge is 0.0704 e. The summed E-state index contributed by atoms with van der Waals surface area (Å²) in [6.45, 7) is 4.33. The molecular weight excluding hydrogens is 246 g/mol. The molecule has 1 aromatic heterocycles. The third-order valence-electron chi connectivity index (χ3n) is 3.47. The summed E-state index contributed by atoms with van der Waals surface area (Å²) in [5.41, 5.74) is 2.47. The predicted molar refractivity (Wildman–Crippen MR) is 86.1 cm³/mol. The highest BCUT2D eigenvalue weighted by molar-refractivity contribution is 5.81. The lowest BCUT2D eigenvalue weighted by Gasteiger charge is -2.23. The summed E-state index contributed by atoms with van der Waals surface area (Å²) in [5.74, 6) is 0. The van der Waals surface area contributed by atoms with Crippen LogP contribution < -0.4 is 5.32 Å². The van der Waals surface area contributed by atoms with Crippen LogP contribution in [0.25, 0.3) is 10.9 Å². The van der Waals surface area contributed by atoms with Crippen LogP contribution in [-0.2, 0) is 6.42 Å². The molecule has 1 atom stereocenters. The summed E-state index contributed by atoms with van der Waals surface area (Å²) in [6.07, 6.45) is 4.13. The number of benzene rings is 1. The highest BCUT2D eigenvalue weighted by Gasteiger charge is 2.12. The number of hydrogen-bond acceptors (Lipinski definition) is 3. The van der Waals surface area contributed by atoms with E-state index >= 15 is 0 Å². The van der Waals surface area contributed by atoms with Crippen molar-refractivity contribution in [1.82, 2.24) is 15.2 Å². The molecule has 0 radical (unpaired) electrons. The van der Waals surface area contributed by atoms with E-state index in [9.17, 15) is 0 Å². The van der Waals surface area contributed by atoms with Crippen LogP contribution in [0.5, 0.6) is 0 Å². The van der Waals surface area contributed by atoms with E-state index in [2.05, 4.69) is 60.5 Å². The first-order valence-corrected chi connectivity index (χ1v) is 7.41. The quantitative estimate of drug-likeness (QED) is 0.839. The Morgan fingerprint density at radius 3 is 2.75 bits per heavy atom. The van der Waals surface area contributed by atoms with Crippen molar-refractivity contribution < 1.29 is 0 Å². The molecule has 1 N–H and O–H groups in total. The lowest BCUT2D eigenvalue weighted by Crippen LogP contribution is -2.40. The Kier molecular flexibility index (Phi) is 5.50. The van der Waals surface area contributed by atoms with Crippen LogP contribution in [0.3, 0.4) is 0 Å². The molecule has 3 nitrogen and oxygen atoms in total. The minimum atomic E-state index is 0.482. The van der Waals surface area contributed by atoms with Crippen molar-refractivity contribution in [2.24, 2.45) is 0 Å². The van der Waals surface area contributed by atoms with E-state index in [4.69, 9.17) is 0 Å². The van der Waals surface area contributed by atoms with Crippen molar-refractivity contribution in [3.8, 4) is 0 Å². The number of aromatic nitrogens is 1. The molecule has 2 rings (SSSR count). The van der Waals surface area contributed by atoms with Gasteiger partial charge in [-0.1, -0.05) is 25.1 Å². The predicted octanol–water partition coefficient (Wildman–Crippen LogP) is 2.71. The van der Waals surface area contributed by atoms with Gasteiger partial charge in [-0.05, 0) is 51.2 Å². The van der Waals surface area contributed by atoms with Gasteiger partial charge in [0.05, 0.1) is 5.52 Å². The van der Waals surface area contributed by atoms with Gasteiger partial charge in [-0.3, -0.25) is 4.98 Å². The summed E-state index contributed by atoms with van der Waals surface area (Å²) < 4.78 is 0. The fourth-order valence-corrected chi connectivity index (χ4v) is 2.59.